The minimum atomic E-state index is -0.433. The van der Waals surface area contributed by atoms with Crippen molar-refractivity contribution in [3.05, 3.63) is 58.7 Å². The highest BCUT2D eigenvalue weighted by Crippen LogP contribution is 2.23. The van der Waals surface area contributed by atoms with Crippen LogP contribution in [-0.4, -0.2) is 58.2 Å². The van der Waals surface area contributed by atoms with Gasteiger partial charge in [0.15, 0.2) is 0 Å². The molecule has 1 aromatic carbocycles. The van der Waals surface area contributed by atoms with Crippen LogP contribution >= 0.6 is 11.6 Å². The predicted octanol–water partition coefficient (Wildman–Crippen LogP) is 1.62. The Morgan fingerprint density at radius 3 is 2.35 bits per heavy atom. The molecule has 0 N–H and O–H groups in total. The Morgan fingerprint density at radius 1 is 1.12 bits per heavy atom. The molecule has 0 radical (unpaired) electrons. The average molecular weight is 372 g/mol. The molecule has 1 fully saturated rings. The quantitative estimate of drug-likeness (QED) is 0.763. The number of carbonyl (C=O) groups is 3. The largest absolute Gasteiger partial charge is 0.471 e. The Morgan fingerprint density at radius 2 is 1.77 bits per heavy atom. The molecule has 1 aromatic heterocycles. The van der Waals surface area contributed by atoms with Gasteiger partial charge in [0.05, 0.1) is 29.2 Å². The molecule has 26 heavy (non-hydrogen) atoms. The second kappa shape index (κ2) is 6.42. The number of benzene rings is 1. The first-order valence-corrected chi connectivity index (χ1v) is 8.42. The molecule has 0 spiro atoms. The van der Waals surface area contributed by atoms with E-state index in [4.69, 9.17) is 16.3 Å². The fourth-order valence-electron chi connectivity index (χ4n) is 2.94. The Kier molecular flexibility index (Phi) is 4.08. The van der Waals surface area contributed by atoms with Gasteiger partial charge in [-0.25, -0.2) is 4.98 Å². The summed E-state index contributed by atoms with van der Waals surface area (Å²) in [5, 5.41) is 0.517. The van der Waals surface area contributed by atoms with Crippen LogP contribution in [0.25, 0.3) is 0 Å². The Bertz CT molecular complexity index is 859. The van der Waals surface area contributed by atoms with E-state index >= 15 is 0 Å². The maximum atomic E-state index is 12.4. The van der Waals surface area contributed by atoms with Gasteiger partial charge in [-0.05, 0) is 18.2 Å². The lowest BCUT2D eigenvalue weighted by molar-refractivity contribution is -0.140. The predicted molar refractivity (Wildman–Crippen MR) is 92.1 cm³/mol. The topological polar surface area (TPSA) is 79.8 Å². The number of hydrogen-bond donors (Lipinski definition) is 0. The van der Waals surface area contributed by atoms with Gasteiger partial charge in [0.2, 0.25) is 11.8 Å². The zero-order valence-electron chi connectivity index (χ0n) is 13.6. The van der Waals surface area contributed by atoms with Gasteiger partial charge in [-0.3, -0.25) is 19.3 Å². The van der Waals surface area contributed by atoms with Gasteiger partial charge < -0.3 is 9.64 Å². The molecular formula is C18H14ClN3O4. The molecular weight excluding hydrogens is 358 g/mol. The Labute approximate surface area is 154 Å². The SMILES string of the molecule is O=C(CN1C(=O)c2ccccc2C1=O)N1CC(Oc2ccc(Cl)cn2)C1. The van der Waals surface area contributed by atoms with Crippen molar-refractivity contribution in [2.45, 2.75) is 6.10 Å². The normalized spacial score (nSPS) is 16.5. The van der Waals surface area contributed by atoms with Gasteiger partial charge in [0.1, 0.15) is 12.6 Å². The number of aromatic nitrogens is 1. The molecule has 0 bridgehead atoms. The summed E-state index contributed by atoms with van der Waals surface area (Å²) in [5.41, 5.74) is 0.674. The second-order valence-electron chi connectivity index (χ2n) is 6.10. The summed E-state index contributed by atoms with van der Waals surface area (Å²) in [6, 6.07) is 9.90. The van der Waals surface area contributed by atoms with Gasteiger partial charge in [0, 0.05) is 12.3 Å². The van der Waals surface area contributed by atoms with Gasteiger partial charge in [0.25, 0.3) is 11.8 Å². The van der Waals surface area contributed by atoms with E-state index in [0.717, 1.165) is 4.90 Å². The van der Waals surface area contributed by atoms with Crippen LogP contribution in [0.2, 0.25) is 5.02 Å². The first-order valence-electron chi connectivity index (χ1n) is 8.04. The van der Waals surface area contributed by atoms with Crippen LogP contribution in [0.15, 0.2) is 42.6 Å². The summed E-state index contributed by atoms with van der Waals surface area (Å²) in [7, 11) is 0. The number of carbonyl (C=O) groups excluding carboxylic acids is 3. The number of likely N-dealkylation sites (tertiary alicyclic amines) is 1. The molecule has 0 saturated carbocycles. The van der Waals surface area contributed by atoms with E-state index in [2.05, 4.69) is 4.98 Å². The summed E-state index contributed by atoms with van der Waals surface area (Å²) in [6.45, 7) is 0.497. The highest BCUT2D eigenvalue weighted by molar-refractivity contribution is 6.30. The fraction of sp³-hybridized carbons (Fsp3) is 0.222. The van der Waals surface area contributed by atoms with Crippen molar-refractivity contribution in [2.24, 2.45) is 0 Å². The van der Waals surface area contributed by atoms with Crippen LogP contribution < -0.4 is 4.74 Å². The first-order chi connectivity index (χ1) is 12.5. The van der Waals surface area contributed by atoms with E-state index in [1.54, 1.807) is 41.3 Å². The number of imide groups is 1. The van der Waals surface area contributed by atoms with Crippen molar-refractivity contribution in [1.82, 2.24) is 14.8 Å². The zero-order chi connectivity index (χ0) is 18.3. The molecule has 2 aliphatic heterocycles. The molecule has 0 unspecified atom stereocenters. The maximum Gasteiger partial charge on any atom is 0.262 e. The highest BCUT2D eigenvalue weighted by Gasteiger charge is 2.39. The number of hydrogen-bond acceptors (Lipinski definition) is 5. The summed E-state index contributed by atoms with van der Waals surface area (Å²) in [5.74, 6) is -0.717. The third-order valence-electron chi connectivity index (χ3n) is 4.36. The third kappa shape index (κ3) is 2.90. The van der Waals surface area contributed by atoms with Crippen LogP contribution in [0.3, 0.4) is 0 Å². The lowest BCUT2D eigenvalue weighted by atomic mass is 10.1. The van der Waals surface area contributed by atoms with Crippen LogP contribution in [-0.2, 0) is 4.79 Å². The van der Waals surface area contributed by atoms with Crippen LogP contribution in [0.1, 0.15) is 20.7 Å². The van der Waals surface area contributed by atoms with Gasteiger partial charge >= 0.3 is 0 Å². The van der Waals surface area contributed by atoms with Crippen LogP contribution in [0.4, 0.5) is 0 Å². The maximum absolute atomic E-state index is 12.4. The van der Waals surface area contributed by atoms with Crippen molar-refractivity contribution < 1.29 is 19.1 Å². The van der Waals surface area contributed by atoms with E-state index in [1.807, 2.05) is 0 Å². The summed E-state index contributed by atoms with van der Waals surface area (Å²) < 4.78 is 5.64. The summed E-state index contributed by atoms with van der Waals surface area (Å²) >= 11 is 5.77. The number of halogens is 1. The third-order valence-corrected chi connectivity index (χ3v) is 4.58. The van der Waals surface area contributed by atoms with E-state index < -0.39 is 11.8 Å². The minimum absolute atomic E-state index is 0.171. The first kappa shape index (κ1) is 16.5. The Hall–Kier alpha value is -2.93. The monoisotopic (exact) mass is 371 g/mol. The van der Waals surface area contributed by atoms with Crippen molar-refractivity contribution in [1.29, 1.82) is 0 Å². The van der Waals surface area contributed by atoms with Crippen LogP contribution in [0.5, 0.6) is 5.88 Å². The number of nitrogens with zero attached hydrogens (tertiary/aromatic N) is 3. The standard InChI is InChI=1S/C18H14ClN3O4/c19-11-5-6-15(20-7-11)26-12-8-21(9-12)16(23)10-22-17(24)13-3-1-2-4-14(13)18(22)25/h1-7,12H,8-10H2. The number of amides is 3. The lowest BCUT2D eigenvalue weighted by Crippen LogP contribution is -2.58. The van der Waals surface area contributed by atoms with Gasteiger partial charge in [-0.2, -0.15) is 0 Å². The van der Waals surface area contributed by atoms with Crippen molar-refractivity contribution in [2.75, 3.05) is 19.6 Å². The van der Waals surface area contributed by atoms with Gasteiger partial charge in [-0.15, -0.1) is 0 Å². The molecule has 3 amide bonds. The molecule has 7 nitrogen and oxygen atoms in total. The molecule has 2 aromatic rings. The fourth-order valence-corrected chi connectivity index (χ4v) is 3.05. The smallest absolute Gasteiger partial charge is 0.262 e. The van der Waals surface area contributed by atoms with Gasteiger partial charge in [-0.1, -0.05) is 23.7 Å². The highest BCUT2D eigenvalue weighted by atomic mass is 35.5. The molecule has 2 aliphatic rings. The molecule has 3 heterocycles. The molecule has 4 rings (SSSR count). The molecule has 0 aliphatic carbocycles. The number of fused-ring (bicyclic) bond motifs is 1. The molecule has 8 heteroatoms. The van der Waals surface area contributed by atoms with E-state index in [-0.39, 0.29) is 18.6 Å². The number of ether oxygens (including phenoxy) is 1. The summed E-state index contributed by atoms with van der Waals surface area (Å²) in [4.78, 5) is 43.5. The van der Waals surface area contributed by atoms with Crippen molar-refractivity contribution in [3.8, 4) is 5.88 Å². The second-order valence-corrected chi connectivity index (χ2v) is 6.53. The van der Waals surface area contributed by atoms with E-state index in [9.17, 15) is 14.4 Å². The molecule has 0 atom stereocenters. The zero-order valence-corrected chi connectivity index (χ0v) is 14.3. The number of rotatable bonds is 4. The molecule has 1 saturated heterocycles. The van der Waals surface area contributed by atoms with E-state index in [1.165, 1.54) is 6.20 Å². The lowest BCUT2D eigenvalue weighted by Gasteiger charge is -2.39. The Balaban J connectivity index is 1.32. The minimum Gasteiger partial charge on any atom is -0.471 e. The molecule has 132 valence electrons. The number of pyridine rings is 1. The van der Waals surface area contributed by atoms with Crippen molar-refractivity contribution in [3.63, 3.8) is 0 Å². The van der Waals surface area contributed by atoms with Crippen molar-refractivity contribution >= 4 is 29.3 Å². The van der Waals surface area contributed by atoms with E-state index in [0.29, 0.717) is 35.1 Å². The summed E-state index contributed by atoms with van der Waals surface area (Å²) in [6.07, 6.45) is 1.32. The van der Waals surface area contributed by atoms with Crippen LogP contribution in [0, 0.1) is 0 Å². The average Bonchev–Trinajstić information content (AvgIpc) is 2.84.